The average Bonchev–Trinajstić information content (AvgIpc) is 2.71. The molecule has 15 heavy (non-hydrogen) atoms. The summed E-state index contributed by atoms with van der Waals surface area (Å²) in [6.07, 6.45) is 3.11. The number of benzene rings is 1. The summed E-state index contributed by atoms with van der Waals surface area (Å²) >= 11 is 0. The smallest absolute Gasteiger partial charge is 0.147 e. The standard InChI is InChI=1S/C11H11FN2O/c1-11(15,10-13-6-7-14-10)8-4-2-3-5-9(8)12/h2-7,15H,1H3,(H,13,14). The molecule has 0 fully saturated rings. The molecular weight excluding hydrogens is 195 g/mol. The second-order valence-corrected chi connectivity index (χ2v) is 3.49. The van der Waals surface area contributed by atoms with E-state index < -0.39 is 11.4 Å². The Kier molecular flexibility index (Phi) is 2.28. The Balaban J connectivity index is 2.51. The molecule has 78 valence electrons. The van der Waals surface area contributed by atoms with E-state index in [1.807, 2.05) is 0 Å². The summed E-state index contributed by atoms with van der Waals surface area (Å²) in [5, 5.41) is 10.2. The third-order valence-corrected chi connectivity index (χ3v) is 2.36. The number of hydrogen-bond acceptors (Lipinski definition) is 2. The first-order chi connectivity index (χ1) is 7.12. The highest BCUT2D eigenvalue weighted by Crippen LogP contribution is 2.27. The molecular formula is C11H11FN2O. The maximum Gasteiger partial charge on any atom is 0.147 e. The number of aliphatic hydroxyl groups is 1. The molecule has 0 aliphatic rings. The lowest BCUT2D eigenvalue weighted by Gasteiger charge is -2.21. The Bertz CT molecular complexity index is 451. The minimum atomic E-state index is -1.44. The van der Waals surface area contributed by atoms with Crippen molar-refractivity contribution in [1.29, 1.82) is 0 Å². The van der Waals surface area contributed by atoms with Crippen molar-refractivity contribution in [3.63, 3.8) is 0 Å². The molecule has 1 atom stereocenters. The molecule has 0 amide bonds. The fraction of sp³-hybridized carbons (Fsp3) is 0.182. The van der Waals surface area contributed by atoms with Crippen LogP contribution in [0.2, 0.25) is 0 Å². The molecule has 0 bridgehead atoms. The van der Waals surface area contributed by atoms with Crippen molar-refractivity contribution in [2.75, 3.05) is 0 Å². The molecule has 2 aromatic rings. The van der Waals surface area contributed by atoms with Crippen LogP contribution in [0.1, 0.15) is 18.3 Å². The highest BCUT2D eigenvalue weighted by atomic mass is 19.1. The second kappa shape index (κ2) is 3.47. The zero-order valence-electron chi connectivity index (χ0n) is 8.24. The summed E-state index contributed by atoms with van der Waals surface area (Å²) in [5.74, 6) is -0.119. The summed E-state index contributed by atoms with van der Waals surface area (Å²) in [6, 6.07) is 6.11. The summed E-state index contributed by atoms with van der Waals surface area (Å²) < 4.78 is 13.5. The van der Waals surface area contributed by atoms with Gasteiger partial charge in [-0.15, -0.1) is 0 Å². The van der Waals surface area contributed by atoms with Gasteiger partial charge in [0, 0.05) is 18.0 Å². The third kappa shape index (κ3) is 1.64. The Hall–Kier alpha value is -1.68. The van der Waals surface area contributed by atoms with Crippen LogP contribution in [0.5, 0.6) is 0 Å². The Morgan fingerprint density at radius 2 is 2.13 bits per heavy atom. The quantitative estimate of drug-likeness (QED) is 0.787. The maximum atomic E-state index is 13.5. The number of imidazole rings is 1. The molecule has 1 unspecified atom stereocenters. The molecule has 0 saturated carbocycles. The summed E-state index contributed by atoms with van der Waals surface area (Å²) in [5.41, 5.74) is -1.23. The normalized spacial score (nSPS) is 14.9. The van der Waals surface area contributed by atoms with Gasteiger partial charge in [-0.25, -0.2) is 9.37 Å². The zero-order valence-corrected chi connectivity index (χ0v) is 8.24. The molecule has 0 aliphatic carbocycles. The monoisotopic (exact) mass is 206 g/mol. The molecule has 1 aromatic heterocycles. The summed E-state index contributed by atoms with van der Waals surface area (Å²) in [7, 11) is 0. The van der Waals surface area contributed by atoms with E-state index in [0.717, 1.165) is 0 Å². The van der Waals surface area contributed by atoms with E-state index in [-0.39, 0.29) is 5.56 Å². The van der Waals surface area contributed by atoms with Gasteiger partial charge < -0.3 is 10.1 Å². The van der Waals surface area contributed by atoms with E-state index in [2.05, 4.69) is 9.97 Å². The number of aromatic nitrogens is 2. The van der Waals surface area contributed by atoms with Crippen molar-refractivity contribution in [3.05, 3.63) is 53.9 Å². The number of aromatic amines is 1. The van der Waals surface area contributed by atoms with Crippen LogP contribution in [-0.2, 0) is 5.60 Å². The Labute approximate surface area is 86.6 Å². The van der Waals surface area contributed by atoms with Gasteiger partial charge in [-0.05, 0) is 13.0 Å². The van der Waals surface area contributed by atoms with Gasteiger partial charge in [-0.2, -0.15) is 0 Å². The fourth-order valence-corrected chi connectivity index (χ4v) is 1.52. The lowest BCUT2D eigenvalue weighted by molar-refractivity contribution is 0.0890. The predicted octanol–water partition coefficient (Wildman–Crippen LogP) is 1.80. The molecule has 1 aromatic carbocycles. The molecule has 0 radical (unpaired) electrons. The van der Waals surface area contributed by atoms with Gasteiger partial charge in [0.15, 0.2) is 0 Å². The molecule has 0 spiro atoms. The first-order valence-electron chi connectivity index (χ1n) is 4.59. The van der Waals surface area contributed by atoms with Crippen LogP contribution in [0.3, 0.4) is 0 Å². The van der Waals surface area contributed by atoms with Crippen LogP contribution in [-0.4, -0.2) is 15.1 Å². The van der Waals surface area contributed by atoms with Gasteiger partial charge in [0.2, 0.25) is 0 Å². The first-order valence-corrected chi connectivity index (χ1v) is 4.59. The van der Waals surface area contributed by atoms with Crippen LogP contribution in [0.15, 0.2) is 36.7 Å². The molecule has 2 N–H and O–H groups in total. The SMILES string of the molecule is CC(O)(c1ncc[nH]1)c1ccccc1F. The van der Waals surface area contributed by atoms with Gasteiger partial charge in [0.05, 0.1) is 0 Å². The van der Waals surface area contributed by atoms with Crippen molar-refractivity contribution in [2.45, 2.75) is 12.5 Å². The lowest BCUT2D eigenvalue weighted by atomic mass is 9.95. The summed E-state index contributed by atoms with van der Waals surface area (Å²) in [4.78, 5) is 6.71. The number of H-pyrrole nitrogens is 1. The number of hydrogen-bond donors (Lipinski definition) is 2. The molecule has 1 heterocycles. The van der Waals surface area contributed by atoms with E-state index in [4.69, 9.17) is 0 Å². The summed E-state index contributed by atoms with van der Waals surface area (Å²) in [6.45, 7) is 1.50. The van der Waals surface area contributed by atoms with Crippen LogP contribution in [0.4, 0.5) is 4.39 Å². The van der Waals surface area contributed by atoms with E-state index in [9.17, 15) is 9.50 Å². The number of nitrogens with one attached hydrogen (secondary N) is 1. The van der Waals surface area contributed by atoms with Crippen molar-refractivity contribution < 1.29 is 9.50 Å². The third-order valence-electron chi connectivity index (χ3n) is 2.36. The maximum absolute atomic E-state index is 13.5. The fourth-order valence-electron chi connectivity index (χ4n) is 1.52. The second-order valence-electron chi connectivity index (χ2n) is 3.49. The highest BCUT2D eigenvalue weighted by molar-refractivity contribution is 5.29. The van der Waals surface area contributed by atoms with Crippen molar-refractivity contribution in [3.8, 4) is 0 Å². The van der Waals surface area contributed by atoms with Crippen LogP contribution in [0.25, 0.3) is 0 Å². The van der Waals surface area contributed by atoms with E-state index >= 15 is 0 Å². The van der Waals surface area contributed by atoms with Crippen molar-refractivity contribution >= 4 is 0 Å². The largest absolute Gasteiger partial charge is 0.377 e. The van der Waals surface area contributed by atoms with Gasteiger partial charge in [-0.1, -0.05) is 18.2 Å². The minimum absolute atomic E-state index is 0.208. The lowest BCUT2D eigenvalue weighted by Crippen LogP contribution is -2.25. The molecule has 3 nitrogen and oxygen atoms in total. The topological polar surface area (TPSA) is 48.9 Å². The molecule has 0 aliphatic heterocycles. The van der Waals surface area contributed by atoms with E-state index in [0.29, 0.717) is 5.82 Å². The minimum Gasteiger partial charge on any atom is -0.377 e. The zero-order chi connectivity index (χ0) is 10.9. The molecule has 4 heteroatoms. The number of nitrogens with zero attached hydrogens (tertiary/aromatic N) is 1. The van der Waals surface area contributed by atoms with Crippen LogP contribution < -0.4 is 0 Å². The predicted molar refractivity (Wildman–Crippen MR) is 53.7 cm³/mol. The van der Waals surface area contributed by atoms with Gasteiger partial charge in [0.25, 0.3) is 0 Å². The highest BCUT2D eigenvalue weighted by Gasteiger charge is 2.30. The number of rotatable bonds is 2. The average molecular weight is 206 g/mol. The van der Waals surface area contributed by atoms with Gasteiger partial charge in [0.1, 0.15) is 17.2 Å². The number of halogens is 1. The van der Waals surface area contributed by atoms with Gasteiger partial charge >= 0.3 is 0 Å². The van der Waals surface area contributed by atoms with Crippen LogP contribution in [0, 0.1) is 5.82 Å². The first kappa shape index (κ1) is 9.86. The van der Waals surface area contributed by atoms with Crippen LogP contribution >= 0.6 is 0 Å². The van der Waals surface area contributed by atoms with E-state index in [1.54, 1.807) is 18.3 Å². The van der Waals surface area contributed by atoms with Gasteiger partial charge in [-0.3, -0.25) is 0 Å². The van der Waals surface area contributed by atoms with E-state index in [1.165, 1.54) is 25.3 Å². The van der Waals surface area contributed by atoms with Crippen molar-refractivity contribution in [1.82, 2.24) is 9.97 Å². The Morgan fingerprint density at radius 3 is 2.73 bits per heavy atom. The Morgan fingerprint density at radius 1 is 1.40 bits per heavy atom. The molecule has 2 rings (SSSR count). The molecule has 0 saturated heterocycles. The van der Waals surface area contributed by atoms with Crippen molar-refractivity contribution in [2.24, 2.45) is 0 Å².